The molecule has 2 heterocycles. The van der Waals surface area contributed by atoms with Gasteiger partial charge in [-0.05, 0) is 12.8 Å². The summed E-state index contributed by atoms with van der Waals surface area (Å²) in [6.45, 7) is 5.38. The predicted molar refractivity (Wildman–Crippen MR) is 91.6 cm³/mol. The van der Waals surface area contributed by atoms with Gasteiger partial charge in [0.15, 0.2) is 12.5 Å². The van der Waals surface area contributed by atoms with Gasteiger partial charge >= 0.3 is 11.7 Å². The highest BCUT2D eigenvalue weighted by Gasteiger charge is 2.30. The molecule has 0 amide bonds. The molecule has 3 N–H and O–H groups in total. The molecule has 1 aliphatic heterocycles. The van der Waals surface area contributed by atoms with Crippen molar-refractivity contribution in [3.8, 4) is 0 Å². The van der Waals surface area contributed by atoms with Crippen molar-refractivity contribution in [3.63, 3.8) is 0 Å². The lowest BCUT2D eigenvalue weighted by Gasteiger charge is -2.18. The lowest BCUT2D eigenvalue weighted by atomic mass is 10.0. The van der Waals surface area contributed by atoms with Gasteiger partial charge in [0.1, 0.15) is 12.6 Å². The average molecular weight is 378 g/mol. The Kier molecular flexibility index (Phi) is 7.81. The molecule has 1 saturated heterocycles. The van der Waals surface area contributed by atoms with Gasteiger partial charge in [0.05, 0.1) is 6.61 Å². The number of hydrogen-bond donors (Lipinski definition) is 2. The van der Waals surface area contributed by atoms with E-state index in [9.17, 15) is 14.4 Å². The van der Waals surface area contributed by atoms with E-state index in [-0.39, 0.29) is 31.5 Å². The summed E-state index contributed by atoms with van der Waals surface area (Å²) >= 11 is 0. The number of nitrogens with one attached hydrogen (secondary N) is 1. The number of H-pyrrole nitrogens is 1. The Morgan fingerprint density at radius 1 is 1.52 bits per heavy atom. The van der Waals surface area contributed by atoms with E-state index in [1.807, 2.05) is 13.8 Å². The normalized spacial score (nSPS) is 22.1. The highest BCUT2D eigenvalue weighted by Crippen LogP contribution is 2.20. The Bertz CT molecular complexity index is 703. The van der Waals surface area contributed by atoms with Crippen LogP contribution in [0.5, 0.6) is 0 Å². The summed E-state index contributed by atoms with van der Waals surface area (Å²) in [7, 11) is 0. The number of rotatable bonds is 6. The fourth-order valence-electron chi connectivity index (χ4n) is 2.21. The minimum Gasteiger partial charge on any atom is -0.459 e. The van der Waals surface area contributed by atoms with E-state index in [2.05, 4.69) is 4.98 Å². The molecule has 0 spiro atoms. The minimum absolute atomic E-state index is 0. The summed E-state index contributed by atoms with van der Waals surface area (Å²) in [5.41, 5.74) is 5.14. The first-order valence-corrected chi connectivity index (χ1v) is 7.84. The van der Waals surface area contributed by atoms with E-state index in [4.69, 9.17) is 19.9 Å². The van der Waals surface area contributed by atoms with Gasteiger partial charge in [-0.3, -0.25) is 19.1 Å². The molecular formula is C15H24ClN3O6. The van der Waals surface area contributed by atoms with Gasteiger partial charge in [0.25, 0.3) is 5.56 Å². The Morgan fingerprint density at radius 2 is 2.20 bits per heavy atom. The summed E-state index contributed by atoms with van der Waals surface area (Å²) in [6.07, 6.45) is 0.688. The van der Waals surface area contributed by atoms with Gasteiger partial charge in [-0.2, -0.15) is 0 Å². The molecule has 4 atom stereocenters. The molecule has 1 aromatic heterocycles. The third-order valence-electron chi connectivity index (χ3n) is 4.08. The second-order valence-electron chi connectivity index (χ2n) is 5.87. The molecule has 0 aliphatic carbocycles. The minimum atomic E-state index is -0.790. The van der Waals surface area contributed by atoms with Crippen LogP contribution in [-0.4, -0.2) is 41.1 Å². The number of hydrogen-bond acceptors (Lipinski definition) is 7. The number of nitrogens with two attached hydrogens (primary N) is 1. The number of ether oxygens (including phenoxy) is 3. The van der Waals surface area contributed by atoms with Gasteiger partial charge in [-0.25, -0.2) is 4.79 Å². The maximum absolute atomic E-state index is 11.8. The van der Waals surface area contributed by atoms with Crippen LogP contribution >= 0.6 is 12.4 Å². The summed E-state index contributed by atoms with van der Waals surface area (Å²) in [5, 5.41) is 0. The lowest BCUT2D eigenvalue weighted by molar-refractivity contribution is -0.161. The molecule has 142 valence electrons. The Balaban J connectivity index is 0.00000312. The second kappa shape index (κ2) is 9.14. The average Bonchev–Trinajstić information content (AvgIpc) is 3.03. The van der Waals surface area contributed by atoms with Crippen LogP contribution in [0.25, 0.3) is 0 Å². The predicted octanol–water partition coefficient (Wildman–Crippen LogP) is 0.0549. The highest BCUT2D eigenvalue weighted by atomic mass is 35.5. The zero-order chi connectivity index (χ0) is 17.9. The molecule has 0 saturated carbocycles. The van der Waals surface area contributed by atoms with Gasteiger partial charge < -0.3 is 19.9 Å². The molecule has 0 aromatic carbocycles. The van der Waals surface area contributed by atoms with Crippen molar-refractivity contribution in [2.45, 2.75) is 45.8 Å². The number of carbonyl (C=O) groups excluding carboxylic acids is 1. The van der Waals surface area contributed by atoms with Crippen molar-refractivity contribution in [1.29, 1.82) is 0 Å². The van der Waals surface area contributed by atoms with E-state index in [0.717, 1.165) is 6.42 Å². The standard InChI is InChI=1S/C15H23N3O6.ClH/c1-4-8(2)12(16)14(20)23-7-11-22-6-10(24-11)18-5-9(3)13(19)17-15(18)21;/h5,8,10-12H,4,6-7,16H2,1-3H3,(H,17,19,21);1H/t8-,10+,11+,12-;/m0./s1. The van der Waals surface area contributed by atoms with Crippen molar-refractivity contribution in [1.82, 2.24) is 9.55 Å². The van der Waals surface area contributed by atoms with Crippen molar-refractivity contribution in [2.24, 2.45) is 11.7 Å². The van der Waals surface area contributed by atoms with Crippen LogP contribution in [0.1, 0.15) is 32.1 Å². The van der Waals surface area contributed by atoms with Crippen LogP contribution in [0.3, 0.4) is 0 Å². The molecule has 1 aliphatic rings. The third kappa shape index (κ3) is 5.15. The molecule has 9 nitrogen and oxygen atoms in total. The summed E-state index contributed by atoms with van der Waals surface area (Å²) in [4.78, 5) is 37.2. The number of aromatic nitrogens is 2. The first-order chi connectivity index (χ1) is 11.3. The zero-order valence-corrected chi connectivity index (χ0v) is 15.2. The smallest absolute Gasteiger partial charge is 0.330 e. The summed E-state index contributed by atoms with van der Waals surface area (Å²) < 4.78 is 17.3. The third-order valence-corrected chi connectivity index (χ3v) is 4.08. The van der Waals surface area contributed by atoms with Crippen molar-refractivity contribution in [2.75, 3.05) is 13.2 Å². The summed E-state index contributed by atoms with van der Waals surface area (Å²) in [5.74, 6) is -0.504. The van der Waals surface area contributed by atoms with Crippen molar-refractivity contribution >= 4 is 18.4 Å². The molecule has 0 unspecified atom stereocenters. The van der Waals surface area contributed by atoms with Crippen LogP contribution in [0.4, 0.5) is 0 Å². The SMILES string of the molecule is CC[C@H](C)[C@H](N)C(=O)OC[C@@H]1OC[C@H](n2cc(C)c(=O)[nH]c2=O)O1.Cl. The fraction of sp³-hybridized carbons (Fsp3) is 0.667. The Hall–Kier alpha value is -1.68. The molecule has 0 bridgehead atoms. The molecule has 1 aromatic rings. The summed E-state index contributed by atoms with van der Waals surface area (Å²) in [6, 6.07) is -0.698. The van der Waals surface area contributed by atoms with Gasteiger partial charge in [-0.1, -0.05) is 20.3 Å². The number of halogens is 1. The van der Waals surface area contributed by atoms with Gasteiger partial charge in [0.2, 0.25) is 0 Å². The molecule has 1 fully saturated rings. The molecular weight excluding hydrogens is 354 g/mol. The van der Waals surface area contributed by atoms with Crippen molar-refractivity contribution < 1.29 is 19.0 Å². The van der Waals surface area contributed by atoms with E-state index >= 15 is 0 Å². The van der Waals surface area contributed by atoms with Crippen LogP contribution in [-0.2, 0) is 19.0 Å². The number of carbonyl (C=O) groups is 1. The maximum Gasteiger partial charge on any atom is 0.330 e. The molecule has 2 rings (SSSR count). The Labute approximate surface area is 150 Å². The van der Waals surface area contributed by atoms with E-state index in [0.29, 0.717) is 5.56 Å². The second-order valence-corrected chi connectivity index (χ2v) is 5.87. The fourth-order valence-corrected chi connectivity index (χ4v) is 2.21. The largest absolute Gasteiger partial charge is 0.459 e. The Morgan fingerprint density at radius 3 is 2.84 bits per heavy atom. The van der Waals surface area contributed by atoms with E-state index in [1.165, 1.54) is 10.8 Å². The quantitative estimate of drug-likeness (QED) is 0.671. The molecule has 10 heteroatoms. The van der Waals surface area contributed by atoms with E-state index in [1.54, 1.807) is 6.92 Å². The molecule has 0 radical (unpaired) electrons. The lowest BCUT2D eigenvalue weighted by Crippen LogP contribution is -2.39. The number of nitrogens with zero attached hydrogens (tertiary/aromatic N) is 1. The number of esters is 1. The maximum atomic E-state index is 11.8. The highest BCUT2D eigenvalue weighted by molar-refractivity contribution is 5.85. The first kappa shape index (κ1) is 21.4. The topological polar surface area (TPSA) is 126 Å². The first-order valence-electron chi connectivity index (χ1n) is 7.84. The number of aryl methyl sites for hydroxylation is 1. The van der Waals surface area contributed by atoms with Crippen LogP contribution in [0, 0.1) is 12.8 Å². The molecule has 25 heavy (non-hydrogen) atoms. The monoisotopic (exact) mass is 377 g/mol. The van der Waals surface area contributed by atoms with Crippen LogP contribution in [0.2, 0.25) is 0 Å². The van der Waals surface area contributed by atoms with Gasteiger partial charge in [0, 0.05) is 11.8 Å². The van der Waals surface area contributed by atoms with Crippen molar-refractivity contribution in [3.05, 3.63) is 32.6 Å². The van der Waals surface area contributed by atoms with E-state index < -0.39 is 35.8 Å². The number of aromatic amines is 1. The van der Waals surface area contributed by atoms with Crippen LogP contribution in [0.15, 0.2) is 15.8 Å². The zero-order valence-electron chi connectivity index (χ0n) is 14.4. The van der Waals surface area contributed by atoms with Gasteiger partial charge in [-0.15, -0.1) is 12.4 Å². The van der Waals surface area contributed by atoms with Crippen LogP contribution < -0.4 is 17.0 Å².